The molecule has 1 saturated carbocycles. The number of ketones is 1. The predicted octanol–water partition coefficient (Wildman–Crippen LogP) is 11.7. The minimum atomic E-state index is -0.856. The van der Waals surface area contributed by atoms with Gasteiger partial charge in [-0.05, 0) is 31.6 Å². The molecule has 0 aromatic rings. The van der Waals surface area contributed by atoms with Crippen LogP contribution in [0, 0.1) is 17.8 Å². The first kappa shape index (κ1) is 52.2. The van der Waals surface area contributed by atoms with E-state index < -0.39 is 30.9 Å². The summed E-state index contributed by atoms with van der Waals surface area (Å²) in [6.45, 7) is 6.26. The lowest BCUT2D eigenvalue weighted by molar-refractivity contribution is -0.161. The van der Waals surface area contributed by atoms with E-state index in [1.807, 2.05) is 6.08 Å². The van der Waals surface area contributed by atoms with Crippen molar-refractivity contribution in [1.82, 2.24) is 0 Å². The lowest BCUT2D eigenvalue weighted by Gasteiger charge is -2.18. The zero-order chi connectivity index (χ0) is 41.1. The summed E-state index contributed by atoms with van der Waals surface area (Å²) in [5.41, 5.74) is 0. The van der Waals surface area contributed by atoms with Gasteiger partial charge in [0.1, 0.15) is 12.4 Å². The van der Waals surface area contributed by atoms with Crippen LogP contribution in [0.15, 0.2) is 12.2 Å². The van der Waals surface area contributed by atoms with Crippen molar-refractivity contribution in [3.05, 3.63) is 12.2 Å². The molecule has 0 aliphatic heterocycles. The standard InChI is InChI=1S/C48H88O8/c1-4-6-25-31-41(50)35-36-44-43(45(51)37-46(44)52)32-27-23-24-29-34-48(54)56-42(38-49)39-55-47(53)33-28-22-20-18-16-14-12-10-8-7-9-11-13-15-17-19-21-26-30-40(3)5-2/h35-36,40-44,46,49-50,52H,4-34,37-39H2,1-3H3/b36-35+/t40?,41-,42-,43+,44+,46+/m0/s1. The molecule has 328 valence electrons. The van der Waals surface area contributed by atoms with Crippen molar-refractivity contribution in [1.29, 1.82) is 0 Å². The Morgan fingerprint density at radius 2 is 1.18 bits per heavy atom. The molecule has 56 heavy (non-hydrogen) atoms. The van der Waals surface area contributed by atoms with E-state index in [4.69, 9.17) is 9.47 Å². The number of aliphatic hydroxyl groups is 3. The van der Waals surface area contributed by atoms with E-state index in [9.17, 15) is 29.7 Å². The SMILES string of the molecule is CCCCC[C@H](O)/C=C/[C@H]1[C@H](O)CC(=O)[C@@H]1CCCCCCC(=O)O[C@@H](CO)COC(=O)CCCCCCCCCCCCCCCCCCCCC(C)CC. The number of esters is 2. The summed E-state index contributed by atoms with van der Waals surface area (Å²) in [6, 6.07) is 0. The molecule has 0 aromatic carbocycles. The predicted molar refractivity (Wildman–Crippen MR) is 229 cm³/mol. The molecular formula is C48H88O8. The molecule has 1 rings (SSSR count). The van der Waals surface area contributed by atoms with Gasteiger partial charge in [0.05, 0.1) is 18.8 Å². The summed E-state index contributed by atoms with van der Waals surface area (Å²) in [7, 11) is 0. The van der Waals surface area contributed by atoms with E-state index >= 15 is 0 Å². The van der Waals surface area contributed by atoms with Gasteiger partial charge < -0.3 is 24.8 Å². The van der Waals surface area contributed by atoms with Crippen LogP contribution in [-0.4, -0.2) is 64.6 Å². The summed E-state index contributed by atoms with van der Waals surface area (Å²) in [6.07, 6.45) is 36.0. The van der Waals surface area contributed by atoms with Crippen molar-refractivity contribution < 1.29 is 39.2 Å². The third kappa shape index (κ3) is 28.6. The Kier molecular flexibility index (Phi) is 33.9. The molecule has 0 aromatic heterocycles. The van der Waals surface area contributed by atoms with E-state index in [0.717, 1.165) is 63.7 Å². The van der Waals surface area contributed by atoms with E-state index in [1.54, 1.807) is 6.08 Å². The van der Waals surface area contributed by atoms with Crippen LogP contribution in [0.3, 0.4) is 0 Å². The first-order chi connectivity index (χ1) is 27.2. The van der Waals surface area contributed by atoms with Crippen molar-refractivity contribution in [2.45, 2.75) is 245 Å². The molecule has 3 N–H and O–H groups in total. The minimum absolute atomic E-state index is 0.0812. The van der Waals surface area contributed by atoms with Crippen molar-refractivity contribution in [3.8, 4) is 0 Å². The number of rotatable bonds is 39. The highest BCUT2D eigenvalue weighted by Crippen LogP contribution is 2.34. The van der Waals surface area contributed by atoms with Crippen LogP contribution in [0.2, 0.25) is 0 Å². The summed E-state index contributed by atoms with van der Waals surface area (Å²) < 4.78 is 10.6. The number of unbranched alkanes of at least 4 members (excludes halogenated alkanes) is 22. The van der Waals surface area contributed by atoms with Crippen LogP contribution >= 0.6 is 0 Å². The van der Waals surface area contributed by atoms with Gasteiger partial charge >= 0.3 is 11.9 Å². The Labute approximate surface area is 343 Å². The normalized spacial score (nSPS) is 18.8. The molecule has 0 heterocycles. The van der Waals surface area contributed by atoms with Crippen molar-refractivity contribution in [2.24, 2.45) is 17.8 Å². The molecule has 0 bridgehead atoms. The van der Waals surface area contributed by atoms with Gasteiger partial charge in [-0.1, -0.05) is 193 Å². The molecule has 0 amide bonds. The summed E-state index contributed by atoms with van der Waals surface area (Å²) >= 11 is 0. The Morgan fingerprint density at radius 3 is 1.70 bits per heavy atom. The maximum Gasteiger partial charge on any atom is 0.306 e. The first-order valence-electron chi connectivity index (χ1n) is 23.7. The van der Waals surface area contributed by atoms with E-state index in [-0.39, 0.29) is 43.0 Å². The van der Waals surface area contributed by atoms with E-state index in [0.29, 0.717) is 25.7 Å². The molecule has 8 heteroatoms. The molecular weight excluding hydrogens is 705 g/mol. The third-order valence-electron chi connectivity index (χ3n) is 12.0. The van der Waals surface area contributed by atoms with Gasteiger partial charge in [0, 0.05) is 31.1 Å². The number of hydrogen-bond donors (Lipinski definition) is 3. The first-order valence-corrected chi connectivity index (χ1v) is 23.7. The molecule has 1 aliphatic carbocycles. The van der Waals surface area contributed by atoms with Crippen LogP contribution in [0.25, 0.3) is 0 Å². The lowest BCUT2D eigenvalue weighted by Crippen LogP contribution is -2.28. The number of hydrogen-bond acceptors (Lipinski definition) is 8. The average molecular weight is 793 g/mol. The summed E-state index contributed by atoms with van der Waals surface area (Å²) in [5.74, 6) is -0.239. The van der Waals surface area contributed by atoms with Gasteiger partial charge in [-0.25, -0.2) is 0 Å². The molecule has 1 aliphatic rings. The van der Waals surface area contributed by atoms with Crippen LogP contribution < -0.4 is 0 Å². The van der Waals surface area contributed by atoms with Gasteiger partial charge in [0.15, 0.2) is 6.10 Å². The Balaban J connectivity index is 1.98. The quantitative estimate of drug-likeness (QED) is 0.0319. The maximum absolute atomic E-state index is 12.5. The highest BCUT2D eigenvalue weighted by atomic mass is 16.6. The molecule has 0 radical (unpaired) electrons. The van der Waals surface area contributed by atoms with Crippen LogP contribution in [0.1, 0.15) is 226 Å². The summed E-state index contributed by atoms with van der Waals surface area (Å²) in [5, 5.41) is 30.3. The van der Waals surface area contributed by atoms with Gasteiger partial charge in [-0.15, -0.1) is 0 Å². The average Bonchev–Trinajstić information content (AvgIpc) is 3.46. The number of aliphatic hydroxyl groups excluding tert-OH is 3. The van der Waals surface area contributed by atoms with Crippen molar-refractivity contribution in [2.75, 3.05) is 13.2 Å². The molecule has 0 spiro atoms. The lowest BCUT2D eigenvalue weighted by atomic mass is 9.88. The monoisotopic (exact) mass is 793 g/mol. The fraction of sp³-hybridized carbons (Fsp3) is 0.896. The highest BCUT2D eigenvalue weighted by Gasteiger charge is 2.39. The summed E-state index contributed by atoms with van der Waals surface area (Å²) in [4.78, 5) is 37.1. The minimum Gasteiger partial charge on any atom is -0.462 e. The van der Waals surface area contributed by atoms with Gasteiger partial charge in [0.2, 0.25) is 0 Å². The van der Waals surface area contributed by atoms with Gasteiger partial charge in [-0.2, -0.15) is 0 Å². The molecule has 1 unspecified atom stereocenters. The van der Waals surface area contributed by atoms with E-state index in [1.165, 1.54) is 109 Å². The zero-order valence-corrected chi connectivity index (χ0v) is 36.5. The Morgan fingerprint density at radius 1 is 0.696 bits per heavy atom. The highest BCUT2D eigenvalue weighted by molar-refractivity contribution is 5.84. The van der Waals surface area contributed by atoms with Crippen LogP contribution in [0.5, 0.6) is 0 Å². The van der Waals surface area contributed by atoms with Gasteiger partial charge in [0.25, 0.3) is 0 Å². The maximum atomic E-state index is 12.5. The molecule has 6 atom stereocenters. The fourth-order valence-electron chi connectivity index (χ4n) is 7.96. The number of carbonyl (C=O) groups is 3. The number of ether oxygens (including phenoxy) is 2. The number of Topliss-reactive ketones (excluding diaryl/α,β-unsaturated/α-hetero) is 1. The Hall–Kier alpha value is -1.77. The van der Waals surface area contributed by atoms with Gasteiger partial charge in [-0.3, -0.25) is 14.4 Å². The fourth-order valence-corrected chi connectivity index (χ4v) is 7.96. The smallest absolute Gasteiger partial charge is 0.306 e. The second kappa shape index (κ2) is 36.3. The zero-order valence-electron chi connectivity index (χ0n) is 36.5. The van der Waals surface area contributed by atoms with Crippen LogP contribution in [0.4, 0.5) is 0 Å². The third-order valence-corrected chi connectivity index (χ3v) is 12.0. The number of carbonyl (C=O) groups excluding carboxylic acids is 3. The van der Waals surface area contributed by atoms with Crippen molar-refractivity contribution >= 4 is 17.7 Å². The molecule has 0 saturated heterocycles. The van der Waals surface area contributed by atoms with Crippen LogP contribution in [-0.2, 0) is 23.9 Å². The molecule has 8 nitrogen and oxygen atoms in total. The second-order valence-corrected chi connectivity index (χ2v) is 17.2. The van der Waals surface area contributed by atoms with Crippen molar-refractivity contribution in [3.63, 3.8) is 0 Å². The topological polar surface area (TPSA) is 130 Å². The molecule has 1 fully saturated rings. The van der Waals surface area contributed by atoms with E-state index in [2.05, 4.69) is 20.8 Å². The second-order valence-electron chi connectivity index (χ2n) is 17.2. The Bertz CT molecular complexity index is 982. The largest absolute Gasteiger partial charge is 0.462 e.